The van der Waals surface area contributed by atoms with Gasteiger partial charge in [-0.05, 0) is 23.4 Å². The molecule has 0 amide bonds. The quantitative estimate of drug-likeness (QED) is 0.414. The van der Waals surface area contributed by atoms with Gasteiger partial charge in [-0.3, -0.25) is 4.79 Å². The van der Waals surface area contributed by atoms with E-state index < -0.39 is 5.24 Å². The Hall–Kier alpha value is -0.920. The highest BCUT2D eigenvalue weighted by molar-refractivity contribution is 6.63. The molecule has 0 aromatic rings. The summed E-state index contributed by atoms with van der Waals surface area (Å²) in [5.41, 5.74) is 0. The highest BCUT2D eigenvalue weighted by atomic mass is 35.5. The molecule has 0 saturated carbocycles. The van der Waals surface area contributed by atoms with Crippen molar-refractivity contribution in [3.63, 3.8) is 0 Å². The van der Waals surface area contributed by atoms with Gasteiger partial charge in [-0.15, -0.1) is 0 Å². The zero-order chi connectivity index (χ0) is 7.82. The number of hydrogen-bond acceptors (Lipinski definition) is 1. The van der Waals surface area contributed by atoms with Gasteiger partial charge >= 0.3 is 0 Å². The van der Waals surface area contributed by atoms with Crippen molar-refractivity contribution in [1.82, 2.24) is 0 Å². The van der Waals surface area contributed by atoms with E-state index in [1.807, 2.05) is 6.92 Å². The number of halogens is 1. The molecule has 0 bridgehead atoms. The Morgan fingerprint density at radius 2 is 2.00 bits per heavy atom. The minimum atomic E-state index is -0.439. The van der Waals surface area contributed by atoms with Crippen molar-refractivity contribution in [3.8, 4) is 23.7 Å². The Labute approximate surface area is 65.8 Å². The van der Waals surface area contributed by atoms with Gasteiger partial charge in [0.1, 0.15) is 0 Å². The summed E-state index contributed by atoms with van der Waals surface area (Å²) in [4.78, 5) is 10.1. The average Bonchev–Trinajstić information content (AvgIpc) is 1.87. The topological polar surface area (TPSA) is 17.1 Å². The first-order valence-corrected chi connectivity index (χ1v) is 3.29. The molecule has 0 aromatic carbocycles. The standard InChI is InChI=1S/C8H7ClO/c1-2-3-4-5-6-7-8(9)10/h2,7H2,1H3. The first-order chi connectivity index (χ1) is 4.77. The Bertz CT molecular complexity index is 221. The second-order valence-electron chi connectivity index (χ2n) is 1.49. The van der Waals surface area contributed by atoms with E-state index in [4.69, 9.17) is 11.6 Å². The predicted molar refractivity (Wildman–Crippen MR) is 41.3 cm³/mol. The monoisotopic (exact) mass is 154 g/mol. The maximum absolute atomic E-state index is 10.1. The van der Waals surface area contributed by atoms with E-state index in [9.17, 15) is 4.79 Å². The molecule has 0 rings (SSSR count). The van der Waals surface area contributed by atoms with Crippen molar-refractivity contribution in [1.29, 1.82) is 0 Å². The molecule has 0 spiro atoms. The molecular weight excluding hydrogens is 148 g/mol. The SMILES string of the molecule is CCC#CC#CCC(=O)Cl. The van der Waals surface area contributed by atoms with Gasteiger partial charge < -0.3 is 0 Å². The van der Waals surface area contributed by atoms with Crippen LogP contribution in [0, 0.1) is 23.7 Å². The van der Waals surface area contributed by atoms with Gasteiger partial charge in [-0.2, -0.15) is 0 Å². The first kappa shape index (κ1) is 9.08. The van der Waals surface area contributed by atoms with Gasteiger partial charge in [0.05, 0.1) is 6.42 Å². The predicted octanol–water partition coefficient (Wildman–Crippen LogP) is 1.56. The molecule has 0 radical (unpaired) electrons. The second kappa shape index (κ2) is 6.20. The molecule has 0 saturated heterocycles. The van der Waals surface area contributed by atoms with Gasteiger partial charge in [-0.1, -0.05) is 18.8 Å². The number of hydrogen-bond donors (Lipinski definition) is 0. The van der Waals surface area contributed by atoms with Crippen LogP contribution in [0.3, 0.4) is 0 Å². The smallest absolute Gasteiger partial charge is 0.233 e. The lowest BCUT2D eigenvalue weighted by atomic mass is 10.4. The van der Waals surface area contributed by atoms with E-state index in [1.54, 1.807) is 0 Å². The third-order valence-electron chi connectivity index (χ3n) is 0.643. The lowest BCUT2D eigenvalue weighted by Gasteiger charge is -1.71. The summed E-state index contributed by atoms with van der Waals surface area (Å²) in [7, 11) is 0. The maximum Gasteiger partial charge on any atom is 0.233 e. The number of rotatable bonds is 1. The number of carbonyl (C=O) groups excluding carboxylic acids is 1. The van der Waals surface area contributed by atoms with Crippen LogP contribution < -0.4 is 0 Å². The molecular formula is C8H7ClO. The molecule has 1 nitrogen and oxygen atoms in total. The van der Waals surface area contributed by atoms with Crippen LogP contribution >= 0.6 is 11.6 Å². The van der Waals surface area contributed by atoms with Crippen molar-refractivity contribution in [2.24, 2.45) is 0 Å². The maximum atomic E-state index is 10.1. The Kier molecular flexibility index (Phi) is 5.63. The zero-order valence-electron chi connectivity index (χ0n) is 5.70. The van der Waals surface area contributed by atoms with Crippen molar-refractivity contribution < 1.29 is 4.79 Å². The Balaban J connectivity index is 3.60. The van der Waals surface area contributed by atoms with Gasteiger partial charge in [-0.25, -0.2) is 0 Å². The summed E-state index contributed by atoms with van der Waals surface area (Å²) >= 11 is 5.00. The van der Waals surface area contributed by atoms with E-state index in [-0.39, 0.29) is 6.42 Å². The molecule has 0 fully saturated rings. The molecule has 0 aliphatic heterocycles. The summed E-state index contributed by atoms with van der Waals surface area (Å²) in [6, 6.07) is 0. The van der Waals surface area contributed by atoms with Crippen molar-refractivity contribution in [2.45, 2.75) is 19.8 Å². The lowest BCUT2D eigenvalue weighted by molar-refractivity contribution is -0.110. The third-order valence-corrected chi connectivity index (χ3v) is 0.777. The molecule has 52 valence electrons. The molecule has 0 aliphatic rings. The fourth-order valence-electron chi connectivity index (χ4n) is 0.290. The van der Waals surface area contributed by atoms with Crippen LogP contribution in [0.25, 0.3) is 0 Å². The van der Waals surface area contributed by atoms with Gasteiger partial charge in [0.2, 0.25) is 5.24 Å². The first-order valence-electron chi connectivity index (χ1n) is 2.91. The second-order valence-corrected chi connectivity index (χ2v) is 1.91. The summed E-state index contributed by atoms with van der Waals surface area (Å²) in [5, 5.41) is -0.439. The minimum absolute atomic E-state index is 0.0833. The van der Waals surface area contributed by atoms with Gasteiger partial charge in [0, 0.05) is 6.42 Å². The molecule has 0 aliphatic carbocycles. The average molecular weight is 155 g/mol. The van der Waals surface area contributed by atoms with Crippen LogP contribution in [0.4, 0.5) is 0 Å². The van der Waals surface area contributed by atoms with Crippen molar-refractivity contribution >= 4 is 16.8 Å². The van der Waals surface area contributed by atoms with Crippen LogP contribution in [0.2, 0.25) is 0 Å². The normalized spacial score (nSPS) is 6.60. The minimum Gasteiger partial charge on any atom is -0.280 e. The van der Waals surface area contributed by atoms with Crippen LogP contribution in [0.15, 0.2) is 0 Å². The fraction of sp³-hybridized carbons (Fsp3) is 0.375. The molecule has 0 heterocycles. The zero-order valence-corrected chi connectivity index (χ0v) is 6.46. The highest BCUT2D eigenvalue weighted by Gasteiger charge is 1.86. The molecule has 0 aromatic heterocycles. The van der Waals surface area contributed by atoms with E-state index in [0.29, 0.717) is 0 Å². The highest BCUT2D eigenvalue weighted by Crippen LogP contribution is 1.83. The van der Waals surface area contributed by atoms with E-state index in [1.165, 1.54) is 0 Å². The van der Waals surface area contributed by atoms with Gasteiger partial charge in [0.25, 0.3) is 0 Å². The summed E-state index contributed by atoms with van der Waals surface area (Å²) in [6.45, 7) is 1.93. The molecule has 0 atom stereocenters. The molecule has 0 N–H and O–H groups in total. The lowest BCUT2D eigenvalue weighted by Crippen LogP contribution is -1.78. The van der Waals surface area contributed by atoms with E-state index in [2.05, 4.69) is 23.7 Å². The Morgan fingerprint density at radius 3 is 2.50 bits per heavy atom. The summed E-state index contributed by atoms with van der Waals surface area (Å²) < 4.78 is 0. The van der Waals surface area contributed by atoms with E-state index >= 15 is 0 Å². The van der Waals surface area contributed by atoms with Crippen molar-refractivity contribution in [3.05, 3.63) is 0 Å². The fourth-order valence-corrected chi connectivity index (χ4v) is 0.357. The molecule has 10 heavy (non-hydrogen) atoms. The number of carbonyl (C=O) groups is 1. The third kappa shape index (κ3) is 7.08. The largest absolute Gasteiger partial charge is 0.280 e. The van der Waals surface area contributed by atoms with Crippen LogP contribution in [-0.2, 0) is 4.79 Å². The van der Waals surface area contributed by atoms with Crippen LogP contribution in [0.5, 0.6) is 0 Å². The molecule has 2 heteroatoms. The van der Waals surface area contributed by atoms with Crippen molar-refractivity contribution in [2.75, 3.05) is 0 Å². The summed E-state index contributed by atoms with van der Waals surface area (Å²) in [5.74, 6) is 10.3. The molecule has 0 unspecified atom stereocenters. The summed E-state index contributed by atoms with van der Waals surface area (Å²) in [6.07, 6.45) is 0.865. The van der Waals surface area contributed by atoms with E-state index in [0.717, 1.165) is 6.42 Å². The van der Waals surface area contributed by atoms with Crippen LogP contribution in [0.1, 0.15) is 19.8 Å². The van der Waals surface area contributed by atoms with Crippen LogP contribution in [-0.4, -0.2) is 5.24 Å². The van der Waals surface area contributed by atoms with Gasteiger partial charge in [0.15, 0.2) is 0 Å². The Morgan fingerprint density at radius 1 is 1.40 bits per heavy atom.